The number of carbonyl (C=O) groups is 2. The average molecular weight is 338 g/mol. The summed E-state index contributed by atoms with van der Waals surface area (Å²) in [5, 5.41) is 8.59. The minimum Gasteiger partial charge on any atom is -0.334 e. The summed E-state index contributed by atoms with van der Waals surface area (Å²) in [6.07, 6.45) is 6.35. The average Bonchev–Trinajstić information content (AvgIpc) is 3.11. The van der Waals surface area contributed by atoms with Crippen LogP contribution in [0, 0.1) is 0 Å². The zero-order chi connectivity index (χ0) is 17.5. The van der Waals surface area contributed by atoms with Gasteiger partial charge in [0.25, 0.3) is 0 Å². The number of carbonyl (C=O) groups excluding carboxylic acids is 2. The molecule has 1 aliphatic carbocycles. The molecule has 1 aliphatic rings. The summed E-state index contributed by atoms with van der Waals surface area (Å²) >= 11 is 0. The molecule has 1 aromatic carbocycles. The molecule has 3 N–H and O–H groups in total. The number of rotatable bonds is 5. The number of amides is 3. The highest BCUT2D eigenvalue weighted by molar-refractivity contribution is 6.00. The highest BCUT2D eigenvalue weighted by atomic mass is 16.2. The first-order valence-corrected chi connectivity index (χ1v) is 8.49. The van der Waals surface area contributed by atoms with Gasteiger partial charge in [-0.15, -0.1) is 0 Å². The largest absolute Gasteiger partial charge is 0.334 e. The first kappa shape index (κ1) is 17.0. The Kier molecular flexibility index (Phi) is 5.28. The molecule has 6 nitrogen and oxygen atoms in total. The minimum absolute atomic E-state index is 0.187. The zero-order valence-corrected chi connectivity index (χ0v) is 14.0. The molecule has 2 aromatic rings. The zero-order valence-electron chi connectivity index (χ0n) is 14.0. The predicted molar refractivity (Wildman–Crippen MR) is 95.9 cm³/mol. The molecule has 1 aromatic heterocycles. The lowest BCUT2D eigenvalue weighted by Gasteiger charge is -2.29. The topological polar surface area (TPSA) is 83.1 Å². The summed E-state index contributed by atoms with van der Waals surface area (Å²) < 4.78 is 0. The van der Waals surface area contributed by atoms with Crippen LogP contribution in [0.25, 0.3) is 0 Å². The molecule has 0 atom stereocenters. The molecular formula is C19H22N4O2. The molecule has 6 heteroatoms. The smallest absolute Gasteiger partial charge is 0.315 e. The van der Waals surface area contributed by atoms with Crippen LogP contribution in [-0.4, -0.2) is 22.5 Å². The summed E-state index contributed by atoms with van der Waals surface area (Å²) in [7, 11) is 0. The van der Waals surface area contributed by atoms with Gasteiger partial charge in [-0.05, 0) is 30.5 Å². The second-order valence-corrected chi connectivity index (χ2v) is 6.28. The van der Waals surface area contributed by atoms with Gasteiger partial charge in [-0.3, -0.25) is 9.78 Å². The molecular weight excluding hydrogens is 316 g/mol. The first-order chi connectivity index (χ1) is 12.2. The number of nitrogens with one attached hydrogen (secondary N) is 3. The van der Waals surface area contributed by atoms with Crippen LogP contribution in [0.15, 0.2) is 54.9 Å². The number of anilines is 1. The molecule has 1 heterocycles. The van der Waals surface area contributed by atoms with E-state index in [1.807, 2.05) is 30.3 Å². The monoisotopic (exact) mass is 338 g/mol. The van der Waals surface area contributed by atoms with Crippen LogP contribution in [0.1, 0.15) is 31.2 Å². The van der Waals surface area contributed by atoms with Crippen LogP contribution >= 0.6 is 0 Å². The van der Waals surface area contributed by atoms with Crippen LogP contribution in [0.2, 0.25) is 0 Å². The Bertz CT molecular complexity index is 713. The van der Waals surface area contributed by atoms with Gasteiger partial charge in [0.1, 0.15) is 5.54 Å². The minimum atomic E-state index is -0.864. The molecule has 3 rings (SSSR count). The number of benzene rings is 1. The van der Waals surface area contributed by atoms with Crippen LogP contribution < -0.4 is 16.0 Å². The van der Waals surface area contributed by atoms with Crippen molar-refractivity contribution in [3.63, 3.8) is 0 Å². The molecule has 25 heavy (non-hydrogen) atoms. The van der Waals surface area contributed by atoms with E-state index in [2.05, 4.69) is 20.9 Å². The van der Waals surface area contributed by atoms with Gasteiger partial charge in [0.15, 0.2) is 0 Å². The van der Waals surface area contributed by atoms with Crippen LogP contribution in [0.4, 0.5) is 10.5 Å². The molecule has 0 bridgehead atoms. The number of nitrogens with zero attached hydrogens (tertiary/aromatic N) is 1. The summed E-state index contributed by atoms with van der Waals surface area (Å²) in [6, 6.07) is 12.9. The van der Waals surface area contributed by atoms with Gasteiger partial charge in [0.2, 0.25) is 5.91 Å². The van der Waals surface area contributed by atoms with E-state index in [4.69, 9.17) is 0 Å². The summed E-state index contributed by atoms with van der Waals surface area (Å²) in [5.41, 5.74) is 0.777. The Morgan fingerprint density at radius 3 is 2.48 bits per heavy atom. The fourth-order valence-electron chi connectivity index (χ4n) is 3.11. The van der Waals surface area contributed by atoms with Crippen molar-refractivity contribution in [1.29, 1.82) is 0 Å². The van der Waals surface area contributed by atoms with Gasteiger partial charge in [0, 0.05) is 12.7 Å². The Labute approximate surface area is 147 Å². The van der Waals surface area contributed by atoms with Crippen molar-refractivity contribution in [2.75, 3.05) is 5.32 Å². The molecule has 0 saturated heterocycles. The molecule has 0 aliphatic heterocycles. The maximum Gasteiger partial charge on any atom is 0.315 e. The molecule has 0 spiro atoms. The quantitative estimate of drug-likeness (QED) is 0.784. The number of aromatic nitrogens is 1. The lowest BCUT2D eigenvalue weighted by Crippen LogP contribution is -2.57. The lowest BCUT2D eigenvalue weighted by molar-refractivity contribution is -0.121. The third-order valence-electron chi connectivity index (χ3n) is 4.46. The van der Waals surface area contributed by atoms with Crippen molar-refractivity contribution in [1.82, 2.24) is 15.6 Å². The normalized spacial score (nSPS) is 15.4. The van der Waals surface area contributed by atoms with E-state index in [0.717, 1.165) is 18.4 Å². The maximum atomic E-state index is 12.8. The van der Waals surface area contributed by atoms with Crippen LogP contribution in [0.3, 0.4) is 0 Å². The predicted octanol–water partition coefficient (Wildman–Crippen LogP) is 2.83. The van der Waals surface area contributed by atoms with Crippen LogP contribution in [-0.2, 0) is 11.3 Å². The maximum absolute atomic E-state index is 12.8. The Balaban J connectivity index is 1.61. The molecule has 3 amide bonds. The highest BCUT2D eigenvalue weighted by Crippen LogP contribution is 2.31. The van der Waals surface area contributed by atoms with E-state index >= 15 is 0 Å². The fourth-order valence-corrected chi connectivity index (χ4v) is 3.11. The Hall–Kier alpha value is -2.89. The fraction of sp³-hybridized carbons (Fsp3) is 0.316. The van der Waals surface area contributed by atoms with Crippen molar-refractivity contribution in [2.24, 2.45) is 0 Å². The van der Waals surface area contributed by atoms with Gasteiger partial charge in [-0.25, -0.2) is 4.79 Å². The highest BCUT2D eigenvalue weighted by Gasteiger charge is 2.42. The van der Waals surface area contributed by atoms with E-state index in [9.17, 15) is 9.59 Å². The van der Waals surface area contributed by atoms with Crippen LogP contribution in [0.5, 0.6) is 0 Å². The Morgan fingerprint density at radius 2 is 1.80 bits per heavy atom. The molecule has 1 saturated carbocycles. The van der Waals surface area contributed by atoms with E-state index in [0.29, 0.717) is 25.1 Å². The molecule has 130 valence electrons. The lowest BCUT2D eigenvalue weighted by atomic mass is 9.96. The molecule has 0 unspecified atom stereocenters. The third-order valence-corrected chi connectivity index (χ3v) is 4.46. The number of hydrogen-bond donors (Lipinski definition) is 3. The second-order valence-electron chi connectivity index (χ2n) is 6.28. The third kappa shape index (κ3) is 4.35. The van der Waals surface area contributed by atoms with Crippen molar-refractivity contribution >= 4 is 17.6 Å². The summed E-state index contributed by atoms with van der Waals surface area (Å²) in [4.78, 5) is 29.1. The second kappa shape index (κ2) is 7.79. The van der Waals surface area contributed by atoms with Crippen molar-refractivity contribution < 1.29 is 9.59 Å². The van der Waals surface area contributed by atoms with Gasteiger partial charge in [-0.2, -0.15) is 0 Å². The summed E-state index contributed by atoms with van der Waals surface area (Å²) in [5.74, 6) is -0.187. The molecule has 0 radical (unpaired) electrons. The van der Waals surface area contributed by atoms with E-state index in [1.54, 1.807) is 24.5 Å². The first-order valence-electron chi connectivity index (χ1n) is 8.49. The number of urea groups is 1. The van der Waals surface area contributed by atoms with Gasteiger partial charge >= 0.3 is 6.03 Å². The van der Waals surface area contributed by atoms with E-state index in [1.165, 1.54) is 0 Å². The standard InChI is InChI=1S/C19H22N4O2/c24-17(22-16-9-6-12-20-14-16)19(10-4-5-11-19)23-18(25)21-13-15-7-2-1-3-8-15/h1-3,6-9,12,14H,4-5,10-11,13H2,(H,22,24)(H2,21,23,25). The number of pyridine rings is 1. The van der Waals surface area contributed by atoms with Crippen molar-refractivity contribution in [3.8, 4) is 0 Å². The number of hydrogen-bond acceptors (Lipinski definition) is 3. The SMILES string of the molecule is O=C(NCc1ccccc1)NC1(C(=O)Nc2cccnc2)CCCC1. The Morgan fingerprint density at radius 1 is 1.04 bits per heavy atom. The van der Waals surface area contributed by atoms with Crippen molar-refractivity contribution in [3.05, 3.63) is 60.4 Å². The summed E-state index contributed by atoms with van der Waals surface area (Å²) in [6.45, 7) is 0.424. The van der Waals surface area contributed by atoms with Gasteiger partial charge < -0.3 is 16.0 Å². The van der Waals surface area contributed by atoms with E-state index < -0.39 is 5.54 Å². The van der Waals surface area contributed by atoms with Crippen molar-refractivity contribution in [2.45, 2.75) is 37.8 Å². The molecule has 1 fully saturated rings. The van der Waals surface area contributed by atoms with E-state index in [-0.39, 0.29) is 11.9 Å². The van der Waals surface area contributed by atoms with Gasteiger partial charge in [-0.1, -0.05) is 43.2 Å². The van der Waals surface area contributed by atoms with Gasteiger partial charge in [0.05, 0.1) is 11.9 Å².